The Morgan fingerprint density at radius 2 is 2.10 bits per heavy atom. The Hall–Kier alpha value is -1.94. The van der Waals surface area contributed by atoms with Crippen LogP contribution in [0.4, 0.5) is 4.39 Å². The fourth-order valence-corrected chi connectivity index (χ4v) is 2.25. The molecule has 0 bridgehead atoms. The fraction of sp³-hybridized carbons (Fsp3) is 0.353. The third-order valence-electron chi connectivity index (χ3n) is 3.39. The molecule has 0 spiro atoms. The zero-order chi connectivity index (χ0) is 15.1. The highest BCUT2D eigenvalue weighted by molar-refractivity contribution is 5.28. The summed E-state index contributed by atoms with van der Waals surface area (Å²) in [6, 6.07) is 8.85. The van der Waals surface area contributed by atoms with Crippen LogP contribution in [0.3, 0.4) is 0 Å². The topological polar surface area (TPSA) is 34.2 Å². The van der Waals surface area contributed by atoms with Gasteiger partial charge in [0.05, 0.1) is 13.3 Å². The highest BCUT2D eigenvalue weighted by Crippen LogP contribution is 2.22. The molecular weight excluding hydrogens is 267 g/mol. The molecule has 0 aliphatic carbocycles. The first-order valence-corrected chi connectivity index (χ1v) is 7.20. The van der Waals surface area contributed by atoms with Crippen molar-refractivity contribution in [3.05, 3.63) is 59.7 Å². The van der Waals surface area contributed by atoms with E-state index in [1.807, 2.05) is 18.2 Å². The van der Waals surface area contributed by atoms with Gasteiger partial charge in [0.15, 0.2) is 0 Å². The van der Waals surface area contributed by atoms with E-state index in [2.05, 4.69) is 17.2 Å². The zero-order valence-corrected chi connectivity index (χ0v) is 12.5. The largest absolute Gasteiger partial charge is 0.495 e. The molecule has 0 radical (unpaired) electrons. The number of rotatable bonds is 7. The molecule has 0 aliphatic rings. The van der Waals surface area contributed by atoms with Crippen LogP contribution in [-0.4, -0.2) is 18.6 Å². The van der Waals surface area contributed by atoms with Crippen LogP contribution in [0.15, 0.2) is 42.7 Å². The monoisotopic (exact) mass is 288 g/mol. The van der Waals surface area contributed by atoms with Crippen molar-refractivity contribution >= 4 is 0 Å². The number of aromatic nitrogens is 1. The van der Waals surface area contributed by atoms with Crippen LogP contribution < -0.4 is 10.1 Å². The van der Waals surface area contributed by atoms with Crippen LogP contribution in [0, 0.1) is 5.82 Å². The van der Waals surface area contributed by atoms with Crippen molar-refractivity contribution in [2.45, 2.75) is 25.8 Å². The van der Waals surface area contributed by atoms with Crippen molar-refractivity contribution in [3.8, 4) is 5.75 Å². The molecule has 1 unspecified atom stereocenters. The molecule has 1 heterocycles. The van der Waals surface area contributed by atoms with Crippen LogP contribution >= 0.6 is 0 Å². The third-order valence-corrected chi connectivity index (χ3v) is 3.39. The molecule has 1 aromatic heterocycles. The molecule has 0 saturated carbocycles. The summed E-state index contributed by atoms with van der Waals surface area (Å²) >= 11 is 0. The lowest BCUT2D eigenvalue weighted by molar-refractivity contribution is 0.410. The number of ether oxygens (including phenoxy) is 1. The average Bonchev–Trinajstić information content (AvgIpc) is 2.53. The maximum Gasteiger partial charge on any atom is 0.137 e. The lowest BCUT2D eigenvalue weighted by Crippen LogP contribution is -2.24. The number of nitrogens with zero attached hydrogens (tertiary/aromatic N) is 1. The van der Waals surface area contributed by atoms with Gasteiger partial charge in [0.25, 0.3) is 0 Å². The first kappa shape index (κ1) is 15.4. The van der Waals surface area contributed by atoms with E-state index >= 15 is 0 Å². The number of methoxy groups -OCH3 is 1. The predicted molar refractivity (Wildman–Crippen MR) is 81.9 cm³/mol. The number of benzene rings is 1. The van der Waals surface area contributed by atoms with Crippen LogP contribution in [0.25, 0.3) is 0 Å². The van der Waals surface area contributed by atoms with Gasteiger partial charge < -0.3 is 10.1 Å². The first-order valence-electron chi connectivity index (χ1n) is 7.20. The minimum atomic E-state index is -0.170. The van der Waals surface area contributed by atoms with Gasteiger partial charge in [-0.2, -0.15) is 0 Å². The van der Waals surface area contributed by atoms with Gasteiger partial charge in [-0.05, 0) is 42.6 Å². The predicted octanol–water partition coefficient (Wildman–Crippen LogP) is 3.51. The standard InChI is InChI=1S/C17H21FN2O/c1-3-8-20-17(10-13-6-4-5-7-16(13)18)14-9-15(21-2)12-19-11-14/h4-7,9,11-12,17,20H,3,8,10H2,1-2H3. The van der Waals surface area contributed by atoms with E-state index in [9.17, 15) is 4.39 Å². The second-order valence-electron chi connectivity index (χ2n) is 4.96. The summed E-state index contributed by atoms with van der Waals surface area (Å²) in [5, 5.41) is 3.45. The summed E-state index contributed by atoms with van der Waals surface area (Å²) in [5.41, 5.74) is 1.71. The van der Waals surface area contributed by atoms with Crippen molar-refractivity contribution in [1.82, 2.24) is 10.3 Å². The summed E-state index contributed by atoms with van der Waals surface area (Å²) < 4.78 is 19.1. The molecule has 0 fully saturated rings. The van der Waals surface area contributed by atoms with Gasteiger partial charge in [0, 0.05) is 12.2 Å². The number of halogens is 1. The smallest absolute Gasteiger partial charge is 0.137 e. The summed E-state index contributed by atoms with van der Waals surface area (Å²) in [7, 11) is 1.62. The first-order chi connectivity index (χ1) is 10.2. The molecule has 0 saturated heterocycles. The molecule has 3 nitrogen and oxygen atoms in total. The van der Waals surface area contributed by atoms with E-state index in [0.29, 0.717) is 17.7 Å². The van der Waals surface area contributed by atoms with Crippen molar-refractivity contribution < 1.29 is 9.13 Å². The van der Waals surface area contributed by atoms with E-state index in [4.69, 9.17) is 4.74 Å². The molecule has 4 heteroatoms. The Kier molecular flexibility index (Phi) is 5.69. The van der Waals surface area contributed by atoms with Crippen LogP contribution in [0.1, 0.15) is 30.5 Å². The van der Waals surface area contributed by atoms with Gasteiger partial charge in [-0.1, -0.05) is 25.1 Å². The average molecular weight is 288 g/mol. The minimum absolute atomic E-state index is 0.0180. The molecule has 0 amide bonds. The molecule has 0 aliphatic heterocycles. The SMILES string of the molecule is CCCNC(Cc1ccccc1F)c1cncc(OC)c1. The lowest BCUT2D eigenvalue weighted by Gasteiger charge is -2.19. The van der Waals surface area contributed by atoms with Gasteiger partial charge in [0.1, 0.15) is 11.6 Å². The Labute approximate surface area is 125 Å². The van der Waals surface area contributed by atoms with E-state index in [0.717, 1.165) is 18.5 Å². The van der Waals surface area contributed by atoms with Crippen LogP contribution in [0.2, 0.25) is 0 Å². The third kappa shape index (κ3) is 4.26. The normalized spacial score (nSPS) is 12.1. The van der Waals surface area contributed by atoms with E-state index in [-0.39, 0.29) is 11.9 Å². The molecular formula is C17H21FN2O. The number of pyridine rings is 1. The van der Waals surface area contributed by atoms with Gasteiger partial charge in [-0.25, -0.2) is 4.39 Å². The molecule has 2 rings (SSSR count). The summed E-state index contributed by atoms with van der Waals surface area (Å²) in [6.07, 6.45) is 5.08. The summed E-state index contributed by atoms with van der Waals surface area (Å²) in [5.74, 6) is 0.543. The molecule has 21 heavy (non-hydrogen) atoms. The minimum Gasteiger partial charge on any atom is -0.495 e. The quantitative estimate of drug-likeness (QED) is 0.846. The Balaban J connectivity index is 2.23. The van der Waals surface area contributed by atoms with Crippen LogP contribution in [0.5, 0.6) is 5.75 Å². The summed E-state index contributed by atoms with van der Waals surface area (Å²) in [6.45, 7) is 2.98. The van der Waals surface area contributed by atoms with Crippen molar-refractivity contribution in [1.29, 1.82) is 0 Å². The fourth-order valence-electron chi connectivity index (χ4n) is 2.25. The van der Waals surface area contributed by atoms with E-state index in [1.54, 1.807) is 25.6 Å². The Morgan fingerprint density at radius 3 is 2.81 bits per heavy atom. The maximum absolute atomic E-state index is 13.9. The molecule has 1 atom stereocenters. The second-order valence-corrected chi connectivity index (χ2v) is 4.96. The lowest BCUT2D eigenvalue weighted by atomic mass is 9.99. The molecule has 1 aromatic carbocycles. The van der Waals surface area contributed by atoms with Crippen molar-refractivity contribution in [2.24, 2.45) is 0 Å². The molecule has 1 N–H and O–H groups in total. The van der Waals surface area contributed by atoms with E-state index < -0.39 is 0 Å². The zero-order valence-electron chi connectivity index (χ0n) is 12.5. The maximum atomic E-state index is 13.9. The number of hydrogen-bond acceptors (Lipinski definition) is 3. The van der Waals surface area contributed by atoms with Gasteiger partial charge >= 0.3 is 0 Å². The van der Waals surface area contributed by atoms with Gasteiger partial charge in [-0.3, -0.25) is 4.98 Å². The number of hydrogen-bond donors (Lipinski definition) is 1. The Bertz CT molecular complexity index is 574. The van der Waals surface area contributed by atoms with Crippen LogP contribution in [-0.2, 0) is 6.42 Å². The second kappa shape index (κ2) is 7.74. The van der Waals surface area contributed by atoms with Crippen molar-refractivity contribution in [3.63, 3.8) is 0 Å². The highest BCUT2D eigenvalue weighted by Gasteiger charge is 2.15. The van der Waals surface area contributed by atoms with Gasteiger partial charge in [0.2, 0.25) is 0 Å². The summed E-state index contributed by atoms with van der Waals surface area (Å²) in [4.78, 5) is 4.19. The van der Waals surface area contributed by atoms with Crippen molar-refractivity contribution in [2.75, 3.05) is 13.7 Å². The molecule has 112 valence electrons. The Morgan fingerprint density at radius 1 is 1.29 bits per heavy atom. The highest BCUT2D eigenvalue weighted by atomic mass is 19.1. The molecule has 2 aromatic rings. The van der Waals surface area contributed by atoms with E-state index in [1.165, 1.54) is 6.07 Å². The van der Waals surface area contributed by atoms with Gasteiger partial charge in [-0.15, -0.1) is 0 Å². The number of nitrogens with one attached hydrogen (secondary N) is 1.